The minimum atomic E-state index is 0.469. The standard InChI is InChI=1S/C13H19NOS/c1-4-14-12-9(2)8-16-13-10(12)6-5-7-11(13)15-3/h5-7,9,12,14H,4,8H2,1-3H3. The summed E-state index contributed by atoms with van der Waals surface area (Å²) < 4.78 is 5.43. The van der Waals surface area contributed by atoms with Gasteiger partial charge in [0.15, 0.2) is 0 Å². The summed E-state index contributed by atoms with van der Waals surface area (Å²) in [7, 11) is 1.75. The van der Waals surface area contributed by atoms with Crippen LogP contribution in [0.3, 0.4) is 0 Å². The molecule has 2 rings (SSSR count). The number of methoxy groups -OCH3 is 1. The molecule has 1 heterocycles. The van der Waals surface area contributed by atoms with E-state index in [1.165, 1.54) is 10.5 Å². The highest BCUT2D eigenvalue weighted by molar-refractivity contribution is 7.99. The molecule has 0 saturated carbocycles. The molecular formula is C13H19NOS. The summed E-state index contributed by atoms with van der Waals surface area (Å²) in [6.45, 7) is 5.48. The maximum absolute atomic E-state index is 5.43. The topological polar surface area (TPSA) is 21.3 Å². The van der Waals surface area contributed by atoms with Gasteiger partial charge in [-0.3, -0.25) is 0 Å². The number of benzene rings is 1. The monoisotopic (exact) mass is 237 g/mol. The molecule has 0 saturated heterocycles. The number of thioether (sulfide) groups is 1. The second kappa shape index (κ2) is 5.11. The fourth-order valence-corrected chi connectivity index (χ4v) is 3.52. The first kappa shape index (κ1) is 11.8. The molecule has 2 nitrogen and oxygen atoms in total. The molecule has 88 valence electrons. The van der Waals surface area contributed by atoms with Crippen LogP contribution in [-0.2, 0) is 0 Å². The van der Waals surface area contributed by atoms with Crippen LogP contribution in [-0.4, -0.2) is 19.4 Å². The number of hydrogen-bond donors (Lipinski definition) is 1. The third-order valence-electron chi connectivity index (χ3n) is 3.05. The molecule has 0 aliphatic carbocycles. The molecule has 0 fully saturated rings. The molecule has 3 heteroatoms. The quantitative estimate of drug-likeness (QED) is 0.873. The van der Waals surface area contributed by atoms with Crippen LogP contribution in [0.15, 0.2) is 23.1 Å². The van der Waals surface area contributed by atoms with Gasteiger partial charge in [-0.05, 0) is 24.1 Å². The lowest BCUT2D eigenvalue weighted by Gasteiger charge is -2.32. The number of hydrogen-bond acceptors (Lipinski definition) is 3. The largest absolute Gasteiger partial charge is 0.496 e. The Morgan fingerprint density at radius 3 is 3.00 bits per heavy atom. The Kier molecular flexibility index (Phi) is 3.77. The lowest BCUT2D eigenvalue weighted by Crippen LogP contribution is -2.30. The van der Waals surface area contributed by atoms with E-state index >= 15 is 0 Å². The molecule has 1 aliphatic heterocycles. The van der Waals surface area contributed by atoms with Gasteiger partial charge in [0.05, 0.1) is 12.0 Å². The summed E-state index contributed by atoms with van der Waals surface area (Å²) in [4.78, 5) is 1.31. The van der Waals surface area contributed by atoms with Gasteiger partial charge in [0, 0.05) is 11.8 Å². The highest BCUT2D eigenvalue weighted by Gasteiger charge is 2.28. The summed E-state index contributed by atoms with van der Waals surface area (Å²) in [5.41, 5.74) is 1.39. The molecule has 0 bridgehead atoms. The maximum atomic E-state index is 5.43. The molecule has 0 radical (unpaired) electrons. The molecule has 1 N–H and O–H groups in total. The normalized spacial score (nSPS) is 23.9. The molecule has 1 aromatic carbocycles. The summed E-state index contributed by atoms with van der Waals surface area (Å²) in [5.74, 6) is 2.84. The van der Waals surface area contributed by atoms with Crippen molar-refractivity contribution in [3.8, 4) is 5.75 Å². The van der Waals surface area contributed by atoms with Gasteiger partial charge in [0.1, 0.15) is 5.75 Å². The number of ether oxygens (including phenoxy) is 1. The fourth-order valence-electron chi connectivity index (χ4n) is 2.24. The first-order valence-electron chi connectivity index (χ1n) is 5.81. The van der Waals surface area contributed by atoms with Gasteiger partial charge < -0.3 is 10.1 Å². The first-order valence-corrected chi connectivity index (χ1v) is 6.79. The first-order chi connectivity index (χ1) is 7.77. The lowest BCUT2D eigenvalue weighted by atomic mass is 9.95. The van der Waals surface area contributed by atoms with Gasteiger partial charge in [-0.25, -0.2) is 0 Å². The van der Waals surface area contributed by atoms with Gasteiger partial charge in [-0.15, -0.1) is 11.8 Å². The molecule has 0 amide bonds. The van der Waals surface area contributed by atoms with Crippen molar-refractivity contribution in [2.24, 2.45) is 5.92 Å². The Bertz CT molecular complexity index is 367. The van der Waals surface area contributed by atoms with Crippen molar-refractivity contribution >= 4 is 11.8 Å². The van der Waals surface area contributed by atoms with E-state index < -0.39 is 0 Å². The van der Waals surface area contributed by atoms with E-state index in [1.807, 2.05) is 17.8 Å². The Morgan fingerprint density at radius 1 is 1.50 bits per heavy atom. The van der Waals surface area contributed by atoms with Crippen LogP contribution < -0.4 is 10.1 Å². The summed E-state index contributed by atoms with van der Waals surface area (Å²) in [6, 6.07) is 6.82. The Labute approximate surface area is 102 Å². The SMILES string of the molecule is CCNC1c2cccc(OC)c2SCC1C. The van der Waals surface area contributed by atoms with Crippen LogP contribution in [0.2, 0.25) is 0 Å². The van der Waals surface area contributed by atoms with Crippen LogP contribution >= 0.6 is 11.8 Å². The molecule has 16 heavy (non-hydrogen) atoms. The zero-order valence-electron chi connectivity index (χ0n) is 10.1. The van der Waals surface area contributed by atoms with Crippen molar-refractivity contribution < 1.29 is 4.74 Å². The summed E-state index contributed by atoms with van der Waals surface area (Å²) in [6.07, 6.45) is 0. The van der Waals surface area contributed by atoms with Crippen LogP contribution in [0.4, 0.5) is 0 Å². The van der Waals surface area contributed by atoms with E-state index in [4.69, 9.17) is 4.74 Å². The second-order valence-electron chi connectivity index (χ2n) is 4.20. The van der Waals surface area contributed by atoms with Gasteiger partial charge >= 0.3 is 0 Å². The van der Waals surface area contributed by atoms with Gasteiger partial charge in [0.25, 0.3) is 0 Å². The van der Waals surface area contributed by atoms with Crippen LogP contribution in [0.5, 0.6) is 5.75 Å². The Hall–Kier alpha value is -0.670. The minimum absolute atomic E-state index is 0.469. The van der Waals surface area contributed by atoms with Gasteiger partial charge in [-0.1, -0.05) is 26.0 Å². The molecule has 1 aromatic rings. The number of fused-ring (bicyclic) bond motifs is 1. The summed E-state index contributed by atoms with van der Waals surface area (Å²) in [5, 5.41) is 3.57. The van der Waals surface area contributed by atoms with Crippen molar-refractivity contribution in [2.75, 3.05) is 19.4 Å². The van der Waals surface area contributed by atoms with Crippen LogP contribution in [0.1, 0.15) is 25.5 Å². The van der Waals surface area contributed by atoms with E-state index in [-0.39, 0.29) is 0 Å². The van der Waals surface area contributed by atoms with Gasteiger partial charge in [0.2, 0.25) is 0 Å². The summed E-state index contributed by atoms with van der Waals surface area (Å²) >= 11 is 1.91. The maximum Gasteiger partial charge on any atom is 0.132 e. The molecule has 0 aromatic heterocycles. The molecule has 2 unspecified atom stereocenters. The van der Waals surface area contributed by atoms with Crippen molar-refractivity contribution in [2.45, 2.75) is 24.8 Å². The third-order valence-corrected chi connectivity index (χ3v) is 4.47. The van der Waals surface area contributed by atoms with Crippen molar-refractivity contribution in [1.82, 2.24) is 5.32 Å². The predicted octanol–water partition coefficient (Wildman–Crippen LogP) is 3.09. The highest BCUT2D eigenvalue weighted by atomic mass is 32.2. The smallest absolute Gasteiger partial charge is 0.132 e. The predicted molar refractivity (Wildman–Crippen MR) is 69.3 cm³/mol. The Morgan fingerprint density at radius 2 is 2.31 bits per heavy atom. The van der Waals surface area contributed by atoms with E-state index in [2.05, 4.69) is 31.3 Å². The van der Waals surface area contributed by atoms with Crippen molar-refractivity contribution in [3.63, 3.8) is 0 Å². The minimum Gasteiger partial charge on any atom is -0.496 e. The molecular weight excluding hydrogens is 218 g/mol. The lowest BCUT2D eigenvalue weighted by molar-refractivity contribution is 0.385. The third kappa shape index (κ3) is 2.06. The van der Waals surface area contributed by atoms with Crippen LogP contribution in [0.25, 0.3) is 0 Å². The molecule has 2 atom stereocenters. The van der Waals surface area contributed by atoms with Crippen molar-refractivity contribution in [1.29, 1.82) is 0 Å². The molecule has 0 spiro atoms. The van der Waals surface area contributed by atoms with Crippen LogP contribution in [0, 0.1) is 5.92 Å². The molecule has 1 aliphatic rings. The van der Waals surface area contributed by atoms with Gasteiger partial charge in [-0.2, -0.15) is 0 Å². The van der Waals surface area contributed by atoms with E-state index in [0.29, 0.717) is 12.0 Å². The second-order valence-corrected chi connectivity index (χ2v) is 5.23. The van der Waals surface area contributed by atoms with E-state index in [1.54, 1.807) is 7.11 Å². The average molecular weight is 237 g/mol. The van der Waals surface area contributed by atoms with E-state index in [0.717, 1.165) is 18.0 Å². The fraction of sp³-hybridized carbons (Fsp3) is 0.538. The number of rotatable bonds is 3. The average Bonchev–Trinajstić information content (AvgIpc) is 2.32. The van der Waals surface area contributed by atoms with Crippen molar-refractivity contribution in [3.05, 3.63) is 23.8 Å². The van der Waals surface area contributed by atoms with E-state index in [9.17, 15) is 0 Å². The Balaban J connectivity index is 2.39. The zero-order chi connectivity index (χ0) is 11.5. The zero-order valence-corrected chi connectivity index (χ0v) is 10.9. The number of nitrogens with one attached hydrogen (secondary N) is 1. The highest BCUT2D eigenvalue weighted by Crippen LogP contribution is 2.44.